The summed E-state index contributed by atoms with van der Waals surface area (Å²) in [5.41, 5.74) is 2.28. The average Bonchev–Trinajstić information content (AvgIpc) is 3.26. The van der Waals surface area contributed by atoms with Crippen LogP contribution in [0, 0.1) is 10.1 Å². The standard InChI is InChI=1S/C23H18N4O3S2/c1-31-19-8-3-9-20-22(19)25-23(32-20)26(15-17-6-4-12-24-14-17)21(28)11-10-16-5-2-7-18(13-16)27(29)30/h2-14H,15H2,1H3/b11-10+. The number of thioether (sulfide) groups is 1. The molecule has 9 heteroatoms. The molecule has 0 fully saturated rings. The molecule has 0 aliphatic rings. The van der Waals surface area contributed by atoms with Crippen LogP contribution in [0.25, 0.3) is 16.3 Å². The number of anilines is 1. The van der Waals surface area contributed by atoms with E-state index in [1.807, 2.05) is 36.6 Å². The molecule has 4 rings (SSSR count). The van der Waals surface area contributed by atoms with Crippen molar-refractivity contribution in [2.45, 2.75) is 11.4 Å². The molecular weight excluding hydrogens is 444 g/mol. The molecule has 2 aromatic carbocycles. The first-order chi connectivity index (χ1) is 15.5. The number of para-hydroxylation sites is 1. The van der Waals surface area contributed by atoms with E-state index >= 15 is 0 Å². The SMILES string of the molecule is CSc1cccc2sc(N(Cc3cccnc3)C(=O)/C=C/c3cccc([N+](=O)[O-])c3)nc12. The molecule has 4 aromatic rings. The normalized spacial score (nSPS) is 11.2. The van der Waals surface area contributed by atoms with E-state index in [1.54, 1.807) is 47.3 Å². The predicted octanol–water partition coefficient (Wildman–Crippen LogP) is 5.57. The van der Waals surface area contributed by atoms with Crippen LogP contribution in [0.3, 0.4) is 0 Å². The summed E-state index contributed by atoms with van der Waals surface area (Å²) < 4.78 is 0.999. The Labute approximate surface area is 192 Å². The number of thiazole rings is 1. The van der Waals surface area contributed by atoms with Gasteiger partial charge in [-0.1, -0.05) is 35.6 Å². The van der Waals surface area contributed by atoms with Crippen molar-refractivity contribution in [1.29, 1.82) is 0 Å². The van der Waals surface area contributed by atoms with Crippen molar-refractivity contribution < 1.29 is 9.72 Å². The number of nitrogens with zero attached hydrogens (tertiary/aromatic N) is 4. The van der Waals surface area contributed by atoms with Crippen LogP contribution >= 0.6 is 23.1 Å². The number of carbonyl (C=O) groups excluding carboxylic acids is 1. The summed E-state index contributed by atoms with van der Waals surface area (Å²) in [6.07, 6.45) is 8.38. The van der Waals surface area contributed by atoms with Gasteiger partial charge in [-0.3, -0.25) is 24.8 Å². The van der Waals surface area contributed by atoms with E-state index in [1.165, 1.54) is 29.5 Å². The van der Waals surface area contributed by atoms with Crippen molar-refractivity contribution in [3.63, 3.8) is 0 Å². The number of hydrogen-bond donors (Lipinski definition) is 0. The molecular formula is C23H18N4O3S2. The average molecular weight is 463 g/mol. The van der Waals surface area contributed by atoms with Gasteiger partial charge in [0.2, 0.25) is 0 Å². The van der Waals surface area contributed by atoms with Crippen LogP contribution in [0.4, 0.5) is 10.8 Å². The third kappa shape index (κ3) is 4.84. The van der Waals surface area contributed by atoms with Crippen molar-refractivity contribution in [2.75, 3.05) is 11.2 Å². The number of nitro groups is 1. The van der Waals surface area contributed by atoms with Crippen molar-refractivity contribution in [3.8, 4) is 0 Å². The summed E-state index contributed by atoms with van der Waals surface area (Å²) in [4.78, 5) is 35.3. The largest absolute Gasteiger partial charge is 0.280 e. The molecule has 0 N–H and O–H groups in total. The summed E-state index contributed by atoms with van der Waals surface area (Å²) in [7, 11) is 0. The fourth-order valence-electron chi connectivity index (χ4n) is 3.11. The van der Waals surface area contributed by atoms with E-state index in [2.05, 4.69) is 4.98 Å². The van der Waals surface area contributed by atoms with Crippen LogP contribution in [0.2, 0.25) is 0 Å². The van der Waals surface area contributed by atoms with Crippen LogP contribution in [-0.4, -0.2) is 27.1 Å². The number of carbonyl (C=O) groups is 1. The number of pyridine rings is 1. The minimum atomic E-state index is -0.460. The molecule has 2 heterocycles. The lowest BCUT2D eigenvalue weighted by molar-refractivity contribution is -0.384. The minimum Gasteiger partial charge on any atom is -0.280 e. The van der Waals surface area contributed by atoms with Crippen molar-refractivity contribution in [2.24, 2.45) is 0 Å². The Bertz CT molecular complexity index is 1310. The highest BCUT2D eigenvalue weighted by Crippen LogP contribution is 2.34. The van der Waals surface area contributed by atoms with E-state index in [9.17, 15) is 14.9 Å². The molecule has 0 atom stereocenters. The van der Waals surface area contributed by atoms with Gasteiger partial charge in [-0.2, -0.15) is 0 Å². The summed E-state index contributed by atoms with van der Waals surface area (Å²) in [5.74, 6) is -0.273. The number of benzene rings is 2. The fraction of sp³-hybridized carbons (Fsp3) is 0.0870. The number of nitro benzene ring substituents is 1. The van der Waals surface area contributed by atoms with Crippen LogP contribution in [0.5, 0.6) is 0 Å². The number of aromatic nitrogens is 2. The molecule has 2 aromatic heterocycles. The first kappa shape index (κ1) is 21.7. The molecule has 0 unspecified atom stereocenters. The second-order valence-electron chi connectivity index (χ2n) is 6.77. The zero-order valence-electron chi connectivity index (χ0n) is 17.0. The van der Waals surface area contributed by atoms with E-state index in [4.69, 9.17) is 4.98 Å². The lowest BCUT2D eigenvalue weighted by Crippen LogP contribution is -2.28. The fourth-order valence-corrected chi connectivity index (χ4v) is 4.73. The van der Waals surface area contributed by atoms with Crippen LogP contribution in [0.1, 0.15) is 11.1 Å². The van der Waals surface area contributed by atoms with Gasteiger partial charge < -0.3 is 0 Å². The molecule has 0 aliphatic carbocycles. The van der Waals surface area contributed by atoms with Crippen molar-refractivity contribution >= 4 is 56.1 Å². The topological polar surface area (TPSA) is 89.2 Å². The van der Waals surface area contributed by atoms with Gasteiger partial charge in [0.15, 0.2) is 5.13 Å². The van der Waals surface area contributed by atoms with Gasteiger partial charge in [-0.25, -0.2) is 4.98 Å². The minimum absolute atomic E-state index is 0.0254. The predicted molar refractivity (Wildman–Crippen MR) is 129 cm³/mol. The first-order valence-electron chi connectivity index (χ1n) is 9.61. The second kappa shape index (κ2) is 9.71. The summed E-state index contributed by atoms with van der Waals surface area (Å²) in [5, 5.41) is 11.6. The maximum atomic E-state index is 13.2. The Morgan fingerprint density at radius 3 is 2.81 bits per heavy atom. The lowest BCUT2D eigenvalue weighted by atomic mass is 10.2. The Morgan fingerprint density at radius 2 is 2.06 bits per heavy atom. The number of non-ortho nitro benzene ring substituents is 1. The summed E-state index contributed by atoms with van der Waals surface area (Å²) >= 11 is 3.06. The molecule has 0 saturated carbocycles. The Morgan fingerprint density at radius 1 is 1.22 bits per heavy atom. The molecule has 0 spiro atoms. The Balaban J connectivity index is 1.69. The maximum absolute atomic E-state index is 13.2. The van der Waals surface area contributed by atoms with E-state index in [0.717, 1.165) is 20.7 Å². The molecule has 0 bridgehead atoms. The third-order valence-electron chi connectivity index (χ3n) is 4.65. The smallest absolute Gasteiger partial charge is 0.270 e. The zero-order chi connectivity index (χ0) is 22.5. The van der Waals surface area contributed by atoms with Gasteiger partial charge in [-0.15, -0.1) is 11.8 Å². The van der Waals surface area contributed by atoms with Crippen LogP contribution in [-0.2, 0) is 11.3 Å². The van der Waals surface area contributed by atoms with E-state index in [0.29, 0.717) is 17.2 Å². The quantitative estimate of drug-likeness (QED) is 0.154. The monoisotopic (exact) mass is 462 g/mol. The van der Waals surface area contributed by atoms with Gasteiger partial charge in [0, 0.05) is 35.5 Å². The lowest BCUT2D eigenvalue weighted by Gasteiger charge is -2.18. The molecule has 160 valence electrons. The maximum Gasteiger partial charge on any atom is 0.270 e. The number of amides is 1. The van der Waals surface area contributed by atoms with Crippen molar-refractivity contribution in [1.82, 2.24) is 9.97 Å². The number of hydrogen-bond acceptors (Lipinski definition) is 7. The molecule has 7 nitrogen and oxygen atoms in total. The molecule has 0 aliphatic heterocycles. The Hall–Kier alpha value is -3.56. The molecule has 32 heavy (non-hydrogen) atoms. The third-order valence-corrected chi connectivity index (χ3v) is 6.46. The van der Waals surface area contributed by atoms with Gasteiger partial charge in [0.25, 0.3) is 11.6 Å². The molecule has 0 radical (unpaired) electrons. The van der Waals surface area contributed by atoms with Crippen LogP contribution in [0.15, 0.2) is 78.0 Å². The van der Waals surface area contributed by atoms with Crippen molar-refractivity contribution in [3.05, 3.63) is 94.3 Å². The highest BCUT2D eigenvalue weighted by Gasteiger charge is 2.19. The van der Waals surface area contributed by atoms with Gasteiger partial charge >= 0.3 is 0 Å². The zero-order valence-corrected chi connectivity index (χ0v) is 18.7. The molecule has 0 saturated heterocycles. The highest BCUT2D eigenvalue weighted by atomic mass is 32.2. The summed E-state index contributed by atoms with van der Waals surface area (Å²) in [6.45, 7) is 0.306. The highest BCUT2D eigenvalue weighted by molar-refractivity contribution is 7.98. The van der Waals surface area contributed by atoms with Gasteiger partial charge in [0.1, 0.15) is 0 Å². The Kier molecular flexibility index (Phi) is 6.58. The van der Waals surface area contributed by atoms with Gasteiger partial charge in [-0.05, 0) is 41.7 Å². The first-order valence-corrected chi connectivity index (χ1v) is 11.7. The summed E-state index contributed by atoms with van der Waals surface area (Å²) in [6, 6.07) is 15.8. The molecule has 1 amide bonds. The van der Waals surface area contributed by atoms with Crippen LogP contribution < -0.4 is 4.90 Å². The van der Waals surface area contributed by atoms with Gasteiger partial charge in [0.05, 0.1) is 21.7 Å². The number of fused-ring (bicyclic) bond motifs is 1. The van der Waals surface area contributed by atoms with E-state index in [-0.39, 0.29) is 11.6 Å². The number of rotatable bonds is 7. The second-order valence-corrected chi connectivity index (χ2v) is 8.63. The van der Waals surface area contributed by atoms with E-state index < -0.39 is 4.92 Å².